The van der Waals surface area contributed by atoms with Crippen molar-refractivity contribution in [2.45, 2.75) is 0 Å². The molecule has 0 aliphatic carbocycles. The van der Waals surface area contributed by atoms with Crippen molar-refractivity contribution < 1.29 is 14.6 Å². The molecule has 3 aromatic carbocycles. The van der Waals surface area contributed by atoms with Crippen LogP contribution in [0.4, 0.5) is 5.69 Å². The van der Waals surface area contributed by atoms with Crippen molar-refractivity contribution in [2.24, 2.45) is 0 Å². The Labute approximate surface area is 191 Å². The third kappa shape index (κ3) is 4.95. The number of piperazine rings is 1. The van der Waals surface area contributed by atoms with Gasteiger partial charge in [0.15, 0.2) is 0 Å². The van der Waals surface area contributed by atoms with Crippen LogP contribution in [0.1, 0.15) is 0 Å². The van der Waals surface area contributed by atoms with E-state index in [1.54, 1.807) is 6.07 Å². The lowest BCUT2D eigenvalue weighted by Crippen LogP contribution is -2.47. The second kappa shape index (κ2) is 9.46. The third-order valence-corrected chi connectivity index (χ3v) is 6.46. The van der Waals surface area contributed by atoms with Crippen LogP contribution in [0.2, 0.25) is 0 Å². The van der Waals surface area contributed by atoms with E-state index in [1.165, 1.54) is 11.3 Å². The van der Waals surface area contributed by atoms with Crippen LogP contribution in [-0.2, 0) is 0 Å². The Morgan fingerprint density at radius 1 is 0.875 bits per heavy atom. The lowest BCUT2D eigenvalue weighted by atomic mass is 10.2. The number of fused-ring (bicyclic) bond motifs is 1. The molecule has 1 fully saturated rings. The Morgan fingerprint density at radius 2 is 1.66 bits per heavy atom. The average molecular weight is 448 g/mol. The predicted octanol–water partition coefficient (Wildman–Crippen LogP) is 5.00. The smallest absolute Gasteiger partial charge is 0.279 e. The van der Waals surface area contributed by atoms with Gasteiger partial charge in [0.1, 0.15) is 23.9 Å². The van der Waals surface area contributed by atoms with Gasteiger partial charge >= 0.3 is 0 Å². The standard InChI is InChI=1S/C25H25N3O3S/c29-20-5-3-4-19(18-20)28-14-12-27(13-15-28)16-17-30-21-8-10-22(11-9-21)31-25-26-23-6-1-2-7-24(23)32-25/h1-11,18,29H,12-17H2. The topological polar surface area (TPSA) is 58.1 Å². The van der Waals surface area contributed by atoms with Crippen LogP contribution in [0.5, 0.6) is 22.4 Å². The molecule has 0 radical (unpaired) electrons. The average Bonchev–Trinajstić information content (AvgIpc) is 3.23. The molecule has 164 valence electrons. The summed E-state index contributed by atoms with van der Waals surface area (Å²) >= 11 is 1.54. The number of phenolic OH excluding ortho intramolecular Hbond substituents is 1. The molecular formula is C25H25N3O3S. The minimum Gasteiger partial charge on any atom is -0.508 e. The van der Waals surface area contributed by atoms with E-state index in [2.05, 4.69) is 14.8 Å². The molecule has 0 atom stereocenters. The van der Waals surface area contributed by atoms with Crippen LogP contribution in [0.25, 0.3) is 10.2 Å². The molecule has 4 aromatic rings. The van der Waals surface area contributed by atoms with Crippen LogP contribution in [-0.4, -0.2) is 54.3 Å². The molecule has 0 bridgehead atoms. The number of phenols is 1. The highest BCUT2D eigenvalue weighted by Gasteiger charge is 2.17. The molecule has 1 N–H and O–H groups in total. The Bertz CT molecular complexity index is 1140. The van der Waals surface area contributed by atoms with Gasteiger partial charge in [-0.3, -0.25) is 4.90 Å². The zero-order valence-electron chi connectivity index (χ0n) is 17.7. The molecule has 6 nitrogen and oxygen atoms in total. The van der Waals surface area contributed by atoms with Gasteiger partial charge in [0.25, 0.3) is 5.19 Å². The molecular weight excluding hydrogens is 422 g/mol. The Kier molecular flexibility index (Phi) is 6.09. The number of para-hydroxylation sites is 1. The van der Waals surface area contributed by atoms with E-state index in [1.807, 2.05) is 66.7 Å². The summed E-state index contributed by atoms with van der Waals surface area (Å²) in [6.45, 7) is 5.38. The van der Waals surface area contributed by atoms with Gasteiger partial charge in [0, 0.05) is 44.5 Å². The monoisotopic (exact) mass is 447 g/mol. The molecule has 7 heteroatoms. The quantitative estimate of drug-likeness (QED) is 0.431. The highest BCUT2D eigenvalue weighted by molar-refractivity contribution is 7.20. The van der Waals surface area contributed by atoms with Gasteiger partial charge in [0.05, 0.1) is 10.2 Å². The Morgan fingerprint density at radius 3 is 2.44 bits per heavy atom. The van der Waals surface area contributed by atoms with E-state index in [0.717, 1.165) is 60.1 Å². The van der Waals surface area contributed by atoms with E-state index in [9.17, 15) is 5.11 Å². The third-order valence-electron chi connectivity index (χ3n) is 5.55. The number of thiazole rings is 1. The van der Waals surface area contributed by atoms with E-state index in [4.69, 9.17) is 9.47 Å². The number of aromatic nitrogens is 1. The molecule has 5 rings (SSSR count). The van der Waals surface area contributed by atoms with Gasteiger partial charge in [-0.25, -0.2) is 4.98 Å². The second-order valence-electron chi connectivity index (χ2n) is 7.72. The Hall–Kier alpha value is -3.29. The fraction of sp³-hybridized carbons (Fsp3) is 0.240. The second-order valence-corrected chi connectivity index (χ2v) is 8.71. The number of benzene rings is 3. The highest BCUT2D eigenvalue weighted by Crippen LogP contribution is 2.31. The van der Waals surface area contributed by atoms with Gasteiger partial charge in [-0.1, -0.05) is 29.5 Å². The fourth-order valence-electron chi connectivity index (χ4n) is 3.81. The van der Waals surface area contributed by atoms with Crippen molar-refractivity contribution in [3.8, 4) is 22.4 Å². The number of rotatable bonds is 7. The molecule has 1 aromatic heterocycles. The summed E-state index contributed by atoms with van der Waals surface area (Å²) in [4.78, 5) is 9.22. The van der Waals surface area contributed by atoms with Crippen LogP contribution in [0.3, 0.4) is 0 Å². The van der Waals surface area contributed by atoms with Crippen molar-refractivity contribution >= 4 is 27.2 Å². The van der Waals surface area contributed by atoms with Crippen LogP contribution in [0.15, 0.2) is 72.8 Å². The summed E-state index contributed by atoms with van der Waals surface area (Å²) in [7, 11) is 0. The first-order chi connectivity index (χ1) is 15.7. The minimum absolute atomic E-state index is 0.315. The van der Waals surface area contributed by atoms with E-state index < -0.39 is 0 Å². The largest absolute Gasteiger partial charge is 0.508 e. The van der Waals surface area contributed by atoms with Crippen molar-refractivity contribution in [1.82, 2.24) is 9.88 Å². The maximum atomic E-state index is 9.68. The maximum Gasteiger partial charge on any atom is 0.279 e. The number of nitrogens with zero attached hydrogens (tertiary/aromatic N) is 3. The van der Waals surface area contributed by atoms with Crippen LogP contribution < -0.4 is 14.4 Å². The lowest BCUT2D eigenvalue weighted by molar-refractivity contribution is 0.200. The molecule has 1 saturated heterocycles. The van der Waals surface area contributed by atoms with Gasteiger partial charge in [-0.05, 0) is 48.5 Å². The normalized spacial score (nSPS) is 14.6. The number of hydrogen-bond acceptors (Lipinski definition) is 7. The molecule has 1 aliphatic heterocycles. The first-order valence-electron chi connectivity index (χ1n) is 10.8. The summed E-state index contributed by atoms with van der Waals surface area (Å²) in [5, 5.41) is 10.3. The lowest BCUT2D eigenvalue weighted by Gasteiger charge is -2.36. The predicted molar refractivity (Wildman–Crippen MR) is 128 cm³/mol. The summed E-state index contributed by atoms with van der Waals surface area (Å²) in [5.74, 6) is 1.90. The van der Waals surface area contributed by atoms with Crippen molar-refractivity contribution in [3.05, 3.63) is 72.8 Å². The van der Waals surface area contributed by atoms with Crippen molar-refractivity contribution in [2.75, 3.05) is 44.2 Å². The molecule has 0 unspecified atom stereocenters. The SMILES string of the molecule is Oc1cccc(N2CCN(CCOc3ccc(Oc4nc5ccccc5s4)cc3)CC2)c1. The van der Waals surface area contributed by atoms with Crippen molar-refractivity contribution in [1.29, 1.82) is 0 Å². The fourth-order valence-corrected chi connectivity index (χ4v) is 4.65. The van der Waals surface area contributed by atoms with Crippen LogP contribution >= 0.6 is 11.3 Å². The van der Waals surface area contributed by atoms with E-state index in [-0.39, 0.29) is 0 Å². The summed E-state index contributed by atoms with van der Waals surface area (Å²) in [6.07, 6.45) is 0. The number of hydrogen-bond donors (Lipinski definition) is 1. The zero-order valence-corrected chi connectivity index (χ0v) is 18.5. The number of aromatic hydroxyl groups is 1. The van der Waals surface area contributed by atoms with Gasteiger partial charge < -0.3 is 19.5 Å². The summed E-state index contributed by atoms with van der Waals surface area (Å²) in [5.41, 5.74) is 2.03. The van der Waals surface area contributed by atoms with Gasteiger partial charge in [-0.2, -0.15) is 0 Å². The van der Waals surface area contributed by atoms with E-state index >= 15 is 0 Å². The van der Waals surface area contributed by atoms with Gasteiger partial charge in [0.2, 0.25) is 0 Å². The first kappa shape index (κ1) is 20.6. The molecule has 2 heterocycles. The number of anilines is 1. The molecule has 32 heavy (non-hydrogen) atoms. The Balaban J connectivity index is 1.07. The minimum atomic E-state index is 0.315. The van der Waals surface area contributed by atoms with Crippen molar-refractivity contribution in [3.63, 3.8) is 0 Å². The van der Waals surface area contributed by atoms with E-state index in [0.29, 0.717) is 17.6 Å². The number of ether oxygens (including phenoxy) is 2. The first-order valence-corrected chi connectivity index (χ1v) is 11.6. The molecule has 0 amide bonds. The molecule has 1 aliphatic rings. The molecule has 0 spiro atoms. The maximum absolute atomic E-state index is 9.68. The molecule has 0 saturated carbocycles. The summed E-state index contributed by atoms with van der Waals surface area (Å²) < 4.78 is 12.9. The van der Waals surface area contributed by atoms with Gasteiger partial charge in [-0.15, -0.1) is 0 Å². The zero-order chi connectivity index (χ0) is 21.8. The van der Waals surface area contributed by atoms with Crippen LogP contribution in [0, 0.1) is 0 Å². The highest BCUT2D eigenvalue weighted by atomic mass is 32.1. The summed E-state index contributed by atoms with van der Waals surface area (Å²) in [6, 6.07) is 23.2.